The minimum Gasteiger partial charge on any atom is -0.480 e. The number of ether oxygens (including phenoxy) is 2. The molecular weight excluding hydrogens is 341 g/mol. The fourth-order valence-corrected chi connectivity index (χ4v) is 2.03. The lowest BCUT2D eigenvalue weighted by Gasteiger charge is -2.12. The Balaban J connectivity index is 1.71. The summed E-state index contributed by atoms with van der Waals surface area (Å²) in [6.45, 7) is 0.828. The smallest absolute Gasteiger partial charge is 0.344 e. The molecule has 0 aliphatic heterocycles. The predicted molar refractivity (Wildman–Crippen MR) is 83.1 cm³/mol. The van der Waals surface area contributed by atoms with Gasteiger partial charge in [0.15, 0.2) is 13.2 Å². The zero-order valence-electron chi connectivity index (χ0n) is 12.8. The molecule has 0 aliphatic rings. The molecule has 1 atom stereocenters. The fourth-order valence-electron chi connectivity index (χ4n) is 1.81. The van der Waals surface area contributed by atoms with Gasteiger partial charge in [0.25, 0.3) is 5.91 Å². The largest absolute Gasteiger partial charge is 0.480 e. The van der Waals surface area contributed by atoms with Crippen LogP contribution in [-0.4, -0.2) is 25.1 Å². The normalized spacial score (nSPS) is 11.6. The standard InChI is InChI=1S/C16H15ClFNO5/c1-10(13-3-2-6-22-13)19-15(20)8-24-16(21)9-23-14-5-4-11(18)7-12(14)17/h2-7,10H,8-9H2,1H3,(H,19,20)/t10-/m0/s1. The summed E-state index contributed by atoms with van der Waals surface area (Å²) >= 11 is 5.76. The number of nitrogens with one attached hydrogen (secondary N) is 1. The lowest BCUT2D eigenvalue weighted by molar-refractivity contribution is -0.150. The summed E-state index contributed by atoms with van der Waals surface area (Å²) in [6.07, 6.45) is 1.50. The van der Waals surface area contributed by atoms with Crippen molar-refractivity contribution in [2.24, 2.45) is 0 Å². The van der Waals surface area contributed by atoms with Gasteiger partial charge in [0, 0.05) is 0 Å². The first-order valence-electron chi connectivity index (χ1n) is 7.02. The number of esters is 1. The Bertz CT molecular complexity index is 704. The molecule has 8 heteroatoms. The maximum atomic E-state index is 12.9. The van der Waals surface area contributed by atoms with Crippen molar-refractivity contribution in [3.05, 3.63) is 53.2 Å². The number of carbonyl (C=O) groups excluding carboxylic acids is 2. The number of furan rings is 1. The number of carbonyl (C=O) groups is 2. The molecule has 24 heavy (non-hydrogen) atoms. The van der Waals surface area contributed by atoms with Crippen molar-refractivity contribution >= 4 is 23.5 Å². The summed E-state index contributed by atoms with van der Waals surface area (Å²) in [5, 5.41) is 2.65. The molecule has 0 unspecified atom stereocenters. The van der Waals surface area contributed by atoms with Gasteiger partial charge in [-0.15, -0.1) is 0 Å². The van der Waals surface area contributed by atoms with Crippen molar-refractivity contribution < 1.29 is 27.9 Å². The van der Waals surface area contributed by atoms with Crippen LogP contribution in [0, 0.1) is 5.82 Å². The molecule has 1 aromatic heterocycles. The molecule has 1 aromatic carbocycles. The van der Waals surface area contributed by atoms with E-state index in [0.717, 1.165) is 12.1 Å². The zero-order chi connectivity index (χ0) is 17.5. The molecule has 2 rings (SSSR count). The van der Waals surface area contributed by atoms with E-state index >= 15 is 0 Å². The highest BCUT2D eigenvalue weighted by atomic mass is 35.5. The van der Waals surface area contributed by atoms with Crippen molar-refractivity contribution in [1.29, 1.82) is 0 Å². The monoisotopic (exact) mass is 355 g/mol. The second-order valence-electron chi connectivity index (χ2n) is 4.83. The van der Waals surface area contributed by atoms with Crippen molar-refractivity contribution in [3.63, 3.8) is 0 Å². The van der Waals surface area contributed by atoms with Gasteiger partial charge in [0.2, 0.25) is 0 Å². The lowest BCUT2D eigenvalue weighted by atomic mass is 10.2. The Morgan fingerprint density at radius 1 is 1.33 bits per heavy atom. The first-order valence-corrected chi connectivity index (χ1v) is 7.39. The average Bonchev–Trinajstić information content (AvgIpc) is 3.06. The third-order valence-electron chi connectivity index (χ3n) is 2.95. The van der Waals surface area contributed by atoms with Crippen LogP contribution in [0.2, 0.25) is 5.02 Å². The van der Waals surface area contributed by atoms with E-state index in [1.807, 2.05) is 0 Å². The van der Waals surface area contributed by atoms with Gasteiger partial charge in [0.05, 0.1) is 17.3 Å². The number of amides is 1. The van der Waals surface area contributed by atoms with Crippen LogP contribution in [0.1, 0.15) is 18.7 Å². The predicted octanol–water partition coefficient (Wildman–Crippen LogP) is 2.87. The van der Waals surface area contributed by atoms with E-state index in [-0.39, 0.29) is 16.8 Å². The van der Waals surface area contributed by atoms with Crippen LogP contribution in [0.4, 0.5) is 4.39 Å². The highest BCUT2D eigenvalue weighted by Gasteiger charge is 2.14. The van der Waals surface area contributed by atoms with Gasteiger partial charge in [0.1, 0.15) is 17.3 Å². The molecule has 0 saturated heterocycles. The summed E-state index contributed by atoms with van der Waals surface area (Å²) in [7, 11) is 0. The maximum absolute atomic E-state index is 12.9. The third-order valence-corrected chi connectivity index (χ3v) is 3.25. The summed E-state index contributed by atoms with van der Waals surface area (Å²) < 4.78 is 27.9. The molecule has 0 spiro atoms. The van der Waals surface area contributed by atoms with E-state index in [0.29, 0.717) is 5.76 Å². The summed E-state index contributed by atoms with van der Waals surface area (Å²) in [6, 6.07) is 6.58. The first-order chi connectivity index (χ1) is 11.5. The van der Waals surface area contributed by atoms with Crippen LogP contribution >= 0.6 is 11.6 Å². The van der Waals surface area contributed by atoms with Gasteiger partial charge in [-0.05, 0) is 37.3 Å². The van der Waals surface area contributed by atoms with Gasteiger partial charge in [-0.2, -0.15) is 0 Å². The second kappa shape index (κ2) is 8.35. The second-order valence-corrected chi connectivity index (χ2v) is 5.24. The van der Waals surface area contributed by atoms with E-state index < -0.39 is 30.9 Å². The molecule has 1 N–H and O–H groups in total. The molecule has 6 nitrogen and oxygen atoms in total. The topological polar surface area (TPSA) is 77.8 Å². The number of benzene rings is 1. The van der Waals surface area contributed by atoms with Crippen LogP contribution in [0.15, 0.2) is 41.0 Å². The van der Waals surface area contributed by atoms with Gasteiger partial charge in [-0.25, -0.2) is 9.18 Å². The summed E-state index contributed by atoms with van der Waals surface area (Å²) in [4.78, 5) is 23.2. The van der Waals surface area contributed by atoms with E-state index in [1.165, 1.54) is 12.3 Å². The maximum Gasteiger partial charge on any atom is 0.344 e. The molecular formula is C16H15ClFNO5. The van der Waals surface area contributed by atoms with Crippen molar-refractivity contribution in [3.8, 4) is 5.75 Å². The van der Waals surface area contributed by atoms with Gasteiger partial charge < -0.3 is 19.2 Å². The molecule has 128 valence electrons. The van der Waals surface area contributed by atoms with Gasteiger partial charge in [-0.1, -0.05) is 11.6 Å². The van der Waals surface area contributed by atoms with Crippen molar-refractivity contribution in [1.82, 2.24) is 5.32 Å². The summed E-state index contributed by atoms with van der Waals surface area (Å²) in [5.41, 5.74) is 0. The molecule has 1 amide bonds. The average molecular weight is 356 g/mol. The molecule has 0 bridgehead atoms. The minimum absolute atomic E-state index is 0.0350. The fraction of sp³-hybridized carbons (Fsp3) is 0.250. The van der Waals surface area contributed by atoms with Crippen molar-refractivity contribution in [2.45, 2.75) is 13.0 Å². The van der Waals surface area contributed by atoms with Gasteiger partial charge >= 0.3 is 5.97 Å². The first kappa shape index (κ1) is 17.8. The van der Waals surface area contributed by atoms with E-state index in [2.05, 4.69) is 5.32 Å². The van der Waals surface area contributed by atoms with E-state index in [1.54, 1.807) is 19.1 Å². The Labute approximate surface area is 142 Å². The third kappa shape index (κ3) is 5.27. The molecule has 1 heterocycles. The SMILES string of the molecule is C[C@H](NC(=O)COC(=O)COc1ccc(F)cc1Cl)c1ccco1. The van der Waals surface area contributed by atoms with Crippen LogP contribution in [-0.2, 0) is 14.3 Å². The Morgan fingerprint density at radius 2 is 2.12 bits per heavy atom. The summed E-state index contributed by atoms with van der Waals surface area (Å²) in [5.74, 6) is -1.02. The molecule has 0 radical (unpaired) electrons. The number of hydrogen-bond acceptors (Lipinski definition) is 5. The molecule has 0 aliphatic carbocycles. The molecule has 2 aromatic rings. The molecule has 0 saturated carbocycles. The van der Waals surface area contributed by atoms with Crippen LogP contribution in [0.3, 0.4) is 0 Å². The van der Waals surface area contributed by atoms with E-state index in [9.17, 15) is 14.0 Å². The minimum atomic E-state index is -0.754. The van der Waals surface area contributed by atoms with Gasteiger partial charge in [-0.3, -0.25) is 4.79 Å². The highest BCUT2D eigenvalue weighted by molar-refractivity contribution is 6.32. The van der Waals surface area contributed by atoms with Crippen molar-refractivity contribution in [2.75, 3.05) is 13.2 Å². The number of halogens is 2. The van der Waals surface area contributed by atoms with Crippen LogP contribution in [0.5, 0.6) is 5.75 Å². The van der Waals surface area contributed by atoms with E-state index in [4.69, 9.17) is 25.5 Å². The quantitative estimate of drug-likeness (QED) is 0.773. The molecule has 0 fully saturated rings. The Morgan fingerprint density at radius 3 is 2.79 bits per heavy atom. The van der Waals surface area contributed by atoms with Crippen LogP contribution in [0.25, 0.3) is 0 Å². The highest BCUT2D eigenvalue weighted by Crippen LogP contribution is 2.24. The zero-order valence-corrected chi connectivity index (χ0v) is 13.5. The lowest BCUT2D eigenvalue weighted by Crippen LogP contribution is -2.31. The Kier molecular flexibility index (Phi) is 6.20. The van der Waals surface area contributed by atoms with Crippen LogP contribution < -0.4 is 10.1 Å². The number of rotatable bonds is 7. The number of hydrogen-bond donors (Lipinski definition) is 1. The Hall–Kier alpha value is -2.54.